The molecule has 2 rings (SSSR count). The Morgan fingerprint density at radius 3 is 2.35 bits per heavy atom. The van der Waals surface area contributed by atoms with E-state index in [0.29, 0.717) is 0 Å². The van der Waals surface area contributed by atoms with Gasteiger partial charge in [0.1, 0.15) is 0 Å². The first-order valence-corrected chi connectivity index (χ1v) is 7.38. The van der Waals surface area contributed by atoms with Crippen LogP contribution in [0.2, 0.25) is 5.02 Å². The first-order valence-electron chi connectivity index (χ1n) is 7.00. The average Bonchev–Trinajstić information content (AvgIpc) is 2.38. The lowest BCUT2D eigenvalue weighted by Crippen LogP contribution is -2.19. The monoisotopic (exact) mass is 287 g/mol. The highest BCUT2D eigenvalue weighted by Crippen LogP contribution is 2.24. The molecule has 0 aliphatic heterocycles. The van der Waals surface area contributed by atoms with Crippen LogP contribution in [0.1, 0.15) is 33.9 Å². The van der Waals surface area contributed by atoms with Crippen LogP contribution in [-0.2, 0) is 6.42 Å². The Labute approximate surface area is 127 Å². The van der Waals surface area contributed by atoms with Gasteiger partial charge < -0.3 is 5.32 Å². The highest BCUT2D eigenvalue weighted by atomic mass is 35.5. The molecule has 0 fully saturated rings. The number of halogens is 1. The molecule has 2 heteroatoms. The quantitative estimate of drug-likeness (QED) is 0.854. The van der Waals surface area contributed by atoms with E-state index in [-0.39, 0.29) is 6.04 Å². The SMILES string of the molecule is CNC(Cc1ccc(C)c(C)c1)c1cc(C)cc(Cl)c1. The van der Waals surface area contributed by atoms with Crippen LogP contribution in [0.5, 0.6) is 0 Å². The van der Waals surface area contributed by atoms with Crippen LogP contribution < -0.4 is 5.32 Å². The highest BCUT2D eigenvalue weighted by Gasteiger charge is 2.11. The van der Waals surface area contributed by atoms with E-state index in [9.17, 15) is 0 Å². The Hall–Kier alpha value is -1.31. The van der Waals surface area contributed by atoms with E-state index in [0.717, 1.165) is 11.4 Å². The molecular weight excluding hydrogens is 266 g/mol. The minimum absolute atomic E-state index is 0.287. The van der Waals surface area contributed by atoms with E-state index in [2.05, 4.69) is 56.4 Å². The molecule has 1 atom stereocenters. The fourth-order valence-electron chi connectivity index (χ4n) is 2.52. The molecule has 0 heterocycles. The largest absolute Gasteiger partial charge is 0.313 e. The van der Waals surface area contributed by atoms with Crippen molar-refractivity contribution in [3.63, 3.8) is 0 Å². The zero-order valence-electron chi connectivity index (χ0n) is 12.6. The summed E-state index contributed by atoms with van der Waals surface area (Å²) >= 11 is 6.17. The Morgan fingerprint density at radius 2 is 1.75 bits per heavy atom. The molecule has 1 unspecified atom stereocenters. The van der Waals surface area contributed by atoms with Crippen LogP contribution in [0, 0.1) is 20.8 Å². The van der Waals surface area contributed by atoms with Crippen molar-refractivity contribution < 1.29 is 0 Å². The molecule has 2 aromatic carbocycles. The van der Waals surface area contributed by atoms with Crippen LogP contribution in [0.4, 0.5) is 0 Å². The lowest BCUT2D eigenvalue weighted by molar-refractivity contribution is 0.591. The van der Waals surface area contributed by atoms with Gasteiger partial charge in [0.25, 0.3) is 0 Å². The van der Waals surface area contributed by atoms with Gasteiger partial charge >= 0.3 is 0 Å². The molecule has 0 saturated heterocycles. The van der Waals surface area contributed by atoms with Crippen molar-refractivity contribution in [3.8, 4) is 0 Å². The summed E-state index contributed by atoms with van der Waals surface area (Å²) in [5.41, 5.74) is 6.49. The van der Waals surface area contributed by atoms with E-state index < -0.39 is 0 Å². The normalized spacial score (nSPS) is 12.4. The molecule has 0 aromatic heterocycles. The number of hydrogen-bond donors (Lipinski definition) is 1. The smallest absolute Gasteiger partial charge is 0.0411 e. The molecule has 0 amide bonds. The van der Waals surface area contributed by atoms with Crippen molar-refractivity contribution in [2.75, 3.05) is 7.05 Å². The van der Waals surface area contributed by atoms with Crippen LogP contribution >= 0.6 is 11.6 Å². The second-order valence-corrected chi connectivity index (χ2v) is 5.96. The van der Waals surface area contributed by atoms with Gasteiger partial charge in [0.2, 0.25) is 0 Å². The highest BCUT2D eigenvalue weighted by molar-refractivity contribution is 6.30. The predicted octanol–water partition coefficient (Wildman–Crippen LogP) is 4.77. The number of hydrogen-bond acceptors (Lipinski definition) is 1. The van der Waals surface area contributed by atoms with Gasteiger partial charge in [0.15, 0.2) is 0 Å². The summed E-state index contributed by atoms with van der Waals surface area (Å²) in [5.74, 6) is 0. The topological polar surface area (TPSA) is 12.0 Å². The van der Waals surface area contributed by atoms with Crippen molar-refractivity contribution >= 4 is 11.6 Å². The van der Waals surface area contributed by atoms with Crippen molar-refractivity contribution in [2.45, 2.75) is 33.2 Å². The Morgan fingerprint density at radius 1 is 1.00 bits per heavy atom. The van der Waals surface area contributed by atoms with E-state index in [1.54, 1.807) is 0 Å². The van der Waals surface area contributed by atoms with Crippen LogP contribution in [0.25, 0.3) is 0 Å². The van der Waals surface area contributed by atoms with Crippen LogP contribution in [-0.4, -0.2) is 7.05 Å². The first-order chi connectivity index (χ1) is 9.49. The number of rotatable bonds is 4. The molecule has 0 radical (unpaired) electrons. The maximum atomic E-state index is 6.17. The molecule has 1 N–H and O–H groups in total. The molecule has 0 saturated carbocycles. The molecular formula is C18H22ClN. The van der Waals surface area contributed by atoms with Crippen molar-refractivity contribution in [1.29, 1.82) is 0 Å². The minimum Gasteiger partial charge on any atom is -0.313 e. The van der Waals surface area contributed by atoms with Gasteiger partial charge in [-0.15, -0.1) is 0 Å². The lowest BCUT2D eigenvalue weighted by Gasteiger charge is -2.18. The number of nitrogens with one attached hydrogen (secondary N) is 1. The summed E-state index contributed by atoms with van der Waals surface area (Å²) in [6.07, 6.45) is 0.970. The second kappa shape index (κ2) is 6.43. The van der Waals surface area contributed by atoms with E-state index in [1.807, 2.05) is 13.1 Å². The van der Waals surface area contributed by atoms with Gasteiger partial charge in [-0.1, -0.05) is 35.9 Å². The maximum absolute atomic E-state index is 6.17. The summed E-state index contributed by atoms with van der Waals surface area (Å²) in [4.78, 5) is 0. The molecule has 0 spiro atoms. The first kappa shape index (κ1) is 15.1. The van der Waals surface area contributed by atoms with E-state index in [1.165, 1.54) is 27.8 Å². The Kier molecular flexibility index (Phi) is 4.85. The maximum Gasteiger partial charge on any atom is 0.0411 e. The van der Waals surface area contributed by atoms with E-state index >= 15 is 0 Å². The number of benzene rings is 2. The van der Waals surface area contributed by atoms with Crippen LogP contribution in [0.3, 0.4) is 0 Å². The molecule has 2 aromatic rings. The molecule has 20 heavy (non-hydrogen) atoms. The third-order valence-electron chi connectivity index (χ3n) is 3.83. The lowest BCUT2D eigenvalue weighted by atomic mass is 9.96. The molecule has 0 aliphatic carbocycles. The summed E-state index contributed by atoms with van der Waals surface area (Å²) < 4.78 is 0. The summed E-state index contributed by atoms with van der Waals surface area (Å²) in [6, 6.07) is 13.2. The number of likely N-dealkylation sites (N-methyl/N-ethyl adjacent to an activating group) is 1. The predicted molar refractivity (Wildman–Crippen MR) is 87.6 cm³/mol. The standard InChI is InChI=1S/C18H22ClN/c1-12-7-16(11-17(19)8-12)18(20-4)10-15-6-5-13(2)14(3)9-15/h5-9,11,18,20H,10H2,1-4H3. The molecule has 1 nitrogen and oxygen atoms in total. The number of aryl methyl sites for hydroxylation is 3. The fourth-order valence-corrected chi connectivity index (χ4v) is 2.82. The van der Waals surface area contributed by atoms with Crippen molar-refractivity contribution in [3.05, 3.63) is 69.2 Å². The Bertz CT molecular complexity index is 584. The molecule has 106 valence electrons. The third-order valence-corrected chi connectivity index (χ3v) is 4.04. The summed E-state index contributed by atoms with van der Waals surface area (Å²) in [5, 5.41) is 4.20. The third kappa shape index (κ3) is 3.62. The van der Waals surface area contributed by atoms with Gasteiger partial charge in [-0.25, -0.2) is 0 Å². The van der Waals surface area contributed by atoms with Gasteiger partial charge in [0, 0.05) is 11.1 Å². The van der Waals surface area contributed by atoms with Gasteiger partial charge in [0.05, 0.1) is 0 Å². The molecule has 0 aliphatic rings. The summed E-state index contributed by atoms with van der Waals surface area (Å²) in [7, 11) is 2.00. The van der Waals surface area contributed by atoms with Gasteiger partial charge in [-0.3, -0.25) is 0 Å². The Balaban J connectivity index is 2.26. The van der Waals surface area contributed by atoms with Crippen molar-refractivity contribution in [2.24, 2.45) is 0 Å². The molecule has 0 bridgehead atoms. The van der Waals surface area contributed by atoms with Crippen LogP contribution in [0.15, 0.2) is 36.4 Å². The fraction of sp³-hybridized carbons (Fsp3) is 0.333. The minimum atomic E-state index is 0.287. The zero-order chi connectivity index (χ0) is 14.7. The summed E-state index contributed by atoms with van der Waals surface area (Å²) in [6.45, 7) is 6.39. The van der Waals surface area contributed by atoms with E-state index in [4.69, 9.17) is 11.6 Å². The zero-order valence-corrected chi connectivity index (χ0v) is 13.4. The van der Waals surface area contributed by atoms with Gasteiger partial charge in [-0.05, 0) is 74.2 Å². The van der Waals surface area contributed by atoms with Crippen molar-refractivity contribution in [1.82, 2.24) is 5.32 Å². The average molecular weight is 288 g/mol. The second-order valence-electron chi connectivity index (χ2n) is 5.53. The van der Waals surface area contributed by atoms with Gasteiger partial charge in [-0.2, -0.15) is 0 Å².